The fourth-order valence-electron chi connectivity index (χ4n) is 1.24. The maximum absolute atomic E-state index is 10.7. The summed E-state index contributed by atoms with van der Waals surface area (Å²) in [7, 11) is 0. The van der Waals surface area contributed by atoms with Crippen molar-refractivity contribution in [3.05, 3.63) is 35.4 Å². The van der Waals surface area contributed by atoms with E-state index in [1.54, 1.807) is 6.92 Å². The van der Waals surface area contributed by atoms with E-state index in [-0.39, 0.29) is 5.78 Å². The minimum absolute atomic E-state index is 0.214. The van der Waals surface area contributed by atoms with Crippen molar-refractivity contribution >= 4 is 5.78 Å². The van der Waals surface area contributed by atoms with E-state index in [1.165, 1.54) is 0 Å². The molecule has 0 aromatic heterocycles. The zero-order valence-electron chi connectivity index (χ0n) is 8.29. The van der Waals surface area contributed by atoms with Crippen molar-refractivity contribution in [3.63, 3.8) is 0 Å². The second kappa shape index (κ2) is 5.18. The summed E-state index contributed by atoms with van der Waals surface area (Å²) in [6.45, 7) is 1.60. The van der Waals surface area contributed by atoms with Gasteiger partial charge in [-0.2, -0.15) is 5.26 Å². The van der Waals surface area contributed by atoms with Crippen LogP contribution in [0.1, 0.15) is 24.5 Å². The number of rotatable bonds is 4. The molecule has 0 amide bonds. The predicted octanol–water partition coefficient (Wildman–Crippen LogP) is 2.27. The van der Waals surface area contributed by atoms with Crippen LogP contribution in [0.2, 0.25) is 0 Å². The van der Waals surface area contributed by atoms with Crippen LogP contribution < -0.4 is 0 Å². The molecule has 72 valence electrons. The zero-order valence-corrected chi connectivity index (χ0v) is 8.29. The zero-order chi connectivity index (χ0) is 10.4. The molecule has 0 unspecified atom stereocenters. The Morgan fingerprint density at radius 1 is 1.29 bits per heavy atom. The van der Waals surface area contributed by atoms with Crippen LogP contribution >= 0.6 is 0 Å². The molecular formula is C12H13NO. The van der Waals surface area contributed by atoms with Gasteiger partial charge < -0.3 is 4.79 Å². The summed E-state index contributed by atoms with van der Waals surface area (Å²) in [6, 6.07) is 9.95. The van der Waals surface area contributed by atoms with Crippen molar-refractivity contribution in [3.8, 4) is 6.07 Å². The Morgan fingerprint density at radius 2 is 1.86 bits per heavy atom. The molecule has 0 atom stereocenters. The second-order valence-corrected chi connectivity index (χ2v) is 3.35. The van der Waals surface area contributed by atoms with E-state index < -0.39 is 0 Å². The molecule has 0 radical (unpaired) electrons. The number of carbonyl (C=O) groups is 1. The fraction of sp³-hybridized carbons (Fsp3) is 0.333. The minimum atomic E-state index is 0.214. The molecule has 0 aliphatic carbocycles. The number of hydrogen-bond donors (Lipinski definition) is 0. The monoisotopic (exact) mass is 187 g/mol. The summed E-state index contributed by atoms with van der Waals surface area (Å²) in [5.74, 6) is 0.214. The topological polar surface area (TPSA) is 40.9 Å². The summed E-state index contributed by atoms with van der Waals surface area (Å²) in [6.07, 6.45) is 1.84. The van der Waals surface area contributed by atoms with Gasteiger partial charge in [-0.15, -0.1) is 0 Å². The highest BCUT2D eigenvalue weighted by Gasteiger charge is 1.97. The second-order valence-electron chi connectivity index (χ2n) is 3.35. The normalized spacial score (nSPS) is 9.43. The Morgan fingerprint density at radius 3 is 2.36 bits per heavy atom. The molecule has 1 rings (SSSR count). The third kappa shape index (κ3) is 3.40. The fourth-order valence-corrected chi connectivity index (χ4v) is 1.24. The van der Waals surface area contributed by atoms with Crippen LogP contribution in [-0.4, -0.2) is 5.78 Å². The predicted molar refractivity (Wildman–Crippen MR) is 54.8 cm³/mol. The van der Waals surface area contributed by atoms with Crippen LogP contribution in [0.3, 0.4) is 0 Å². The van der Waals surface area contributed by atoms with Crippen LogP contribution in [0, 0.1) is 11.3 Å². The van der Waals surface area contributed by atoms with E-state index in [1.807, 2.05) is 24.3 Å². The van der Waals surface area contributed by atoms with Gasteiger partial charge in [0.2, 0.25) is 0 Å². The molecule has 0 heterocycles. The van der Waals surface area contributed by atoms with Gasteiger partial charge in [-0.1, -0.05) is 24.3 Å². The van der Waals surface area contributed by atoms with E-state index in [2.05, 4.69) is 6.07 Å². The van der Waals surface area contributed by atoms with Crippen molar-refractivity contribution in [2.75, 3.05) is 0 Å². The molecule has 2 nitrogen and oxygen atoms in total. The van der Waals surface area contributed by atoms with Crippen LogP contribution in [0.25, 0.3) is 0 Å². The van der Waals surface area contributed by atoms with Crippen molar-refractivity contribution in [1.29, 1.82) is 5.26 Å². The quantitative estimate of drug-likeness (QED) is 0.725. The van der Waals surface area contributed by atoms with Crippen LogP contribution in [0.4, 0.5) is 0 Å². The van der Waals surface area contributed by atoms with Crippen molar-refractivity contribution in [1.82, 2.24) is 0 Å². The van der Waals surface area contributed by atoms with Gasteiger partial charge in [0.25, 0.3) is 0 Å². The number of carbonyl (C=O) groups excluding carboxylic acids is 1. The van der Waals surface area contributed by atoms with Gasteiger partial charge in [-0.25, -0.2) is 0 Å². The van der Waals surface area contributed by atoms with Gasteiger partial charge >= 0.3 is 0 Å². The van der Waals surface area contributed by atoms with Gasteiger partial charge in [-0.05, 0) is 24.5 Å². The van der Waals surface area contributed by atoms with Crippen molar-refractivity contribution in [2.24, 2.45) is 0 Å². The number of nitriles is 1. The first-order valence-corrected chi connectivity index (χ1v) is 4.66. The first-order valence-electron chi connectivity index (χ1n) is 4.66. The molecule has 2 heteroatoms. The Kier molecular flexibility index (Phi) is 3.87. The van der Waals surface area contributed by atoms with E-state index in [0.717, 1.165) is 17.5 Å². The molecule has 0 N–H and O–H groups in total. The lowest BCUT2D eigenvalue weighted by Crippen LogP contribution is -1.94. The number of nitrogens with zero attached hydrogens (tertiary/aromatic N) is 1. The lowest BCUT2D eigenvalue weighted by molar-refractivity contribution is -0.116. The lowest BCUT2D eigenvalue weighted by atomic mass is 10.1. The smallest absolute Gasteiger partial charge is 0.130 e. The molecular weight excluding hydrogens is 174 g/mol. The average molecular weight is 187 g/mol. The highest BCUT2D eigenvalue weighted by Crippen LogP contribution is 2.07. The molecule has 1 aromatic carbocycles. The van der Waals surface area contributed by atoms with Gasteiger partial charge in [0.1, 0.15) is 5.78 Å². The maximum Gasteiger partial charge on any atom is 0.130 e. The first kappa shape index (κ1) is 10.5. The Hall–Kier alpha value is -1.62. The first-order chi connectivity index (χ1) is 6.72. The number of ketones is 1. The van der Waals surface area contributed by atoms with Gasteiger partial charge in [0.15, 0.2) is 0 Å². The standard InChI is InChI=1S/C12H13NO/c1-10(14)2-3-11-4-6-12(7-5-11)8-9-13/h4-7H,2-3,8H2,1H3. The average Bonchev–Trinajstić information content (AvgIpc) is 2.17. The molecule has 0 saturated heterocycles. The third-order valence-electron chi connectivity index (χ3n) is 2.07. The number of Topliss-reactive ketones (excluding diaryl/α,β-unsaturated/α-hetero) is 1. The van der Waals surface area contributed by atoms with E-state index in [0.29, 0.717) is 12.8 Å². The van der Waals surface area contributed by atoms with Crippen molar-refractivity contribution < 1.29 is 4.79 Å². The van der Waals surface area contributed by atoms with E-state index in [4.69, 9.17) is 5.26 Å². The lowest BCUT2D eigenvalue weighted by Gasteiger charge is -2.00. The van der Waals surface area contributed by atoms with Gasteiger partial charge in [-0.3, -0.25) is 0 Å². The highest BCUT2D eigenvalue weighted by molar-refractivity contribution is 5.75. The SMILES string of the molecule is CC(=O)CCc1ccc(CC#N)cc1. The van der Waals surface area contributed by atoms with Crippen LogP contribution in [-0.2, 0) is 17.6 Å². The molecule has 14 heavy (non-hydrogen) atoms. The highest BCUT2D eigenvalue weighted by atomic mass is 16.1. The maximum atomic E-state index is 10.7. The summed E-state index contributed by atoms with van der Waals surface area (Å²) in [4.78, 5) is 10.7. The Balaban J connectivity index is 2.56. The Bertz CT molecular complexity index is 346. The summed E-state index contributed by atoms with van der Waals surface area (Å²) in [5, 5.41) is 8.47. The van der Waals surface area contributed by atoms with Crippen LogP contribution in [0.5, 0.6) is 0 Å². The number of aryl methyl sites for hydroxylation is 1. The molecule has 0 bridgehead atoms. The van der Waals surface area contributed by atoms with Crippen molar-refractivity contribution in [2.45, 2.75) is 26.2 Å². The molecule has 0 aliphatic heterocycles. The minimum Gasteiger partial charge on any atom is -0.300 e. The number of benzene rings is 1. The summed E-state index contributed by atoms with van der Waals surface area (Å²) >= 11 is 0. The molecule has 0 aliphatic rings. The third-order valence-corrected chi connectivity index (χ3v) is 2.07. The number of hydrogen-bond acceptors (Lipinski definition) is 2. The molecule has 0 fully saturated rings. The largest absolute Gasteiger partial charge is 0.300 e. The van der Waals surface area contributed by atoms with Crippen LogP contribution in [0.15, 0.2) is 24.3 Å². The van der Waals surface area contributed by atoms with E-state index >= 15 is 0 Å². The summed E-state index contributed by atoms with van der Waals surface area (Å²) < 4.78 is 0. The molecule has 0 spiro atoms. The molecule has 1 aromatic rings. The van der Waals surface area contributed by atoms with Gasteiger partial charge in [0, 0.05) is 6.42 Å². The molecule has 0 saturated carbocycles. The van der Waals surface area contributed by atoms with E-state index in [9.17, 15) is 4.79 Å². The Labute approximate surface area is 84.2 Å². The summed E-state index contributed by atoms with van der Waals surface area (Å²) in [5.41, 5.74) is 2.18. The van der Waals surface area contributed by atoms with Gasteiger partial charge in [0.05, 0.1) is 12.5 Å².